The lowest BCUT2D eigenvalue weighted by atomic mass is 10.2. The molecule has 3 rings (SSSR count). The second-order valence-electron chi connectivity index (χ2n) is 5.88. The Labute approximate surface area is 149 Å². The van der Waals surface area contributed by atoms with Gasteiger partial charge in [0.05, 0.1) is 19.0 Å². The molecule has 4 atom stereocenters. The molecular weight excluding hydrogens is 365 g/mol. The molecule has 7 N–H and O–H groups in total. The maximum absolute atomic E-state index is 11.9. The van der Waals surface area contributed by atoms with Crippen molar-refractivity contribution in [1.29, 1.82) is 0 Å². The summed E-state index contributed by atoms with van der Waals surface area (Å²) in [5.74, 6) is 0.247. The summed E-state index contributed by atoms with van der Waals surface area (Å²) in [5.41, 5.74) is 12.0. The van der Waals surface area contributed by atoms with E-state index in [1.54, 1.807) is 4.57 Å². The molecule has 0 saturated carbocycles. The van der Waals surface area contributed by atoms with Gasteiger partial charge in [0.2, 0.25) is 0 Å². The first-order valence-electron chi connectivity index (χ1n) is 8.10. The van der Waals surface area contributed by atoms with Crippen molar-refractivity contribution in [3.8, 4) is 0 Å². The SMILES string of the molecule is NCCCNP(=O)(O)OC[C@H]1O[C@@H](n2cnc3c(N)ncnc32)C[C@@H]1O. The van der Waals surface area contributed by atoms with Crippen molar-refractivity contribution in [1.82, 2.24) is 24.6 Å². The van der Waals surface area contributed by atoms with Crippen LogP contribution in [0.4, 0.5) is 5.82 Å². The molecule has 2 aromatic heterocycles. The van der Waals surface area contributed by atoms with Crippen molar-refractivity contribution in [3.63, 3.8) is 0 Å². The molecule has 26 heavy (non-hydrogen) atoms. The Morgan fingerprint density at radius 2 is 2.27 bits per heavy atom. The molecule has 1 unspecified atom stereocenters. The van der Waals surface area contributed by atoms with E-state index in [1.165, 1.54) is 12.7 Å². The number of anilines is 1. The van der Waals surface area contributed by atoms with Crippen LogP contribution in [-0.4, -0.2) is 61.4 Å². The number of nitrogens with zero attached hydrogens (tertiary/aromatic N) is 4. The van der Waals surface area contributed by atoms with Crippen LogP contribution in [0.1, 0.15) is 19.1 Å². The molecule has 2 aromatic rings. The zero-order valence-electron chi connectivity index (χ0n) is 13.9. The van der Waals surface area contributed by atoms with E-state index in [0.29, 0.717) is 24.1 Å². The number of aliphatic hydroxyl groups excluding tert-OH is 1. The summed E-state index contributed by atoms with van der Waals surface area (Å²) in [4.78, 5) is 21.9. The zero-order chi connectivity index (χ0) is 18.7. The third-order valence-electron chi connectivity index (χ3n) is 4.01. The summed E-state index contributed by atoms with van der Waals surface area (Å²) in [5, 5.41) is 12.6. The fourth-order valence-electron chi connectivity index (χ4n) is 2.66. The van der Waals surface area contributed by atoms with Crippen LogP contribution in [0.25, 0.3) is 11.2 Å². The van der Waals surface area contributed by atoms with E-state index in [0.717, 1.165) is 0 Å². The second kappa shape index (κ2) is 7.92. The molecule has 1 aliphatic heterocycles. The van der Waals surface area contributed by atoms with Crippen molar-refractivity contribution in [2.75, 3.05) is 25.4 Å². The molecule has 0 aliphatic carbocycles. The molecule has 1 saturated heterocycles. The van der Waals surface area contributed by atoms with Crippen LogP contribution in [-0.2, 0) is 13.8 Å². The minimum Gasteiger partial charge on any atom is -0.390 e. The number of ether oxygens (including phenoxy) is 1. The largest absolute Gasteiger partial charge is 0.403 e. The average molecular weight is 387 g/mol. The standard InChI is InChI=1S/C13H22N7O5P/c14-2-1-3-19-26(22,23)24-5-9-8(21)4-10(25-9)20-7-18-11-12(15)16-6-17-13(11)20/h6-10,21H,1-5,14H2,(H2,15,16,17)(H2,19,22,23)/t8-,9+,10+/m0/s1. The maximum Gasteiger partial charge on any atom is 0.403 e. The number of hydrogen-bond donors (Lipinski definition) is 5. The quantitative estimate of drug-likeness (QED) is 0.280. The zero-order valence-corrected chi connectivity index (χ0v) is 14.8. The van der Waals surface area contributed by atoms with Gasteiger partial charge in [-0.1, -0.05) is 0 Å². The number of aliphatic hydroxyl groups is 1. The summed E-state index contributed by atoms with van der Waals surface area (Å²) in [6.07, 6.45) is 1.41. The number of rotatable bonds is 8. The predicted octanol–water partition coefficient (Wildman–Crippen LogP) is -0.888. The molecule has 13 heteroatoms. The van der Waals surface area contributed by atoms with Gasteiger partial charge in [0.15, 0.2) is 11.5 Å². The van der Waals surface area contributed by atoms with E-state index in [1.807, 2.05) is 0 Å². The van der Waals surface area contributed by atoms with E-state index >= 15 is 0 Å². The molecule has 3 heterocycles. The molecule has 0 aromatic carbocycles. The number of nitrogens with two attached hydrogens (primary N) is 2. The van der Waals surface area contributed by atoms with E-state index in [2.05, 4.69) is 20.0 Å². The Bertz CT molecular complexity index is 802. The Balaban J connectivity index is 1.62. The van der Waals surface area contributed by atoms with Gasteiger partial charge in [0.1, 0.15) is 24.2 Å². The number of fused-ring (bicyclic) bond motifs is 1. The second-order valence-corrected chi connectivity index (χ2v) is 7.50. The topological polar surface area (TPSA) is 184 Å². The molecule has 144 valence electrons. The molecule has 12 nitrogen and oxygen atoms in total. The van der Waals surface area contributed by atoms with Crippen LogP contribution >= 0.6 is 7.75 Å². The van der Waals surface area contributed by atoms with Crippen LogP contribution in [0.3, 0.4) is 0 Å². The van der Waals surface area contributed by atoms with Gasteiger partial charge in [-0.2, -0.15) is 0 Å². The van der Waals surface area contributed by atoms with Gasteiger partial charge < -0.3 is 26.2 Å². The van der Waals surface area contributed by atoms with Crippen molar-refractivity contribution in [3.05, 3.63) is 12.7 Å². The molecule has 1 fully saturated rings. The van der Waals surface area contributed by atoms with Crippen LogP contribution in [0.2, 0.25) is 0 Å². The molecule has 0 spiro atoms. The highest BCUT2D eigenvalue weighted by molar-refractivity contribution is 7.50. The summed E-state index contributed by atoms with van der Waals surface area (Å²) in [6.45, 7) is 0.403. The minimum absolute atomic E-state index is 0.245. The summed E-state index contributed by atoms with van der Waals surface area (Å²) < 4.78 is 24.3. The van der Waals surface area contributed by atoms with Gasteiger partial charge >= 0.3 is 7.75 Å². The molecular formula is C13H22N7O5P. The third-order valence-corrected chi connectivity index (χ3v) is 5.13. The van der Waals surface area contributed by atoms with Crippen LogP contribution in [0.15, 0.2) is 12.7 Å². The smallest absolute Gasteiger partial charge is 0.390 e. The Hall–Kier alpha value is -1.66. The molecule has 1 aliphatic rings. The van der Waals surface area contributed by atoms with E-state index in [4.69, 9.17) is 20.7 Å². The third kappa shape index (κ3) is 4.18. The number of nitrogens with one attached hydrogen (secondary N) is 1. The fourth-order valence-corrected chi connectivity index (χ4v) is 3.54. The number of nitrogen functional groups attached to an aromatic ring is 1. The molecule has 0 radical (unpaired) electrons. The van der Waals surface area contributed by atoms with Crippen molar-refractivity contribution in [2.24, 2.45) is 5.73 Å². The molecule has 0 amide bonds. The van der Waals surface area contributed by atoms with E-state index in [-0.39, 0.29) is 25.4 Å². The number of aromatic nitrogens is 4. The summed E-state index contributed by atoms with van der Waals surface area (Å²) in [7, 11) is -3.98. The number of hydrogen-bond acceptors (Lipinski definition) is 9. The highest BCUT2D eigenvalue weighted by Crippen LogP contribution is 2.39. The van der Waals surface area contributed by atoms with Gasteiger partial charge in [0.25, 0.3) is 0 Å². The van der Waals surface area contributed by atoms with Crippen molar-refractivity contribution in [2.45, 2.75) is 31.3 Å². The highest BCUT2D eigenvalue weighted by Gasteiger charge is 2.37. The number of imidazole rings is 1. The van der Waals surface area contributed by atoms with E-state index in [9.17, 15) is 14.6 Å². The Morgan fingerprint density at radius 1 is 1.46 bits per heavy atom. The van der Waals surface area contributed by atoms with Gasteiger partial charge in [-0.25, -0.2) is 24.6 Å². The van der Waals surface area contributed by atoms with Gasteiger partial charge in [-0.15, -0.1) is 0 Å². The van der Waals surface area contributed by atoms with Crippen LogP contribution in [0, 0.1) is 0 Å². The predicted molar refractivity (Wildman–Crippen MR) is 91.7 cm³/mol. The van der Waals surface area contributed by atoms with Crippen molar-refractivity contribution >= 4 is 24.7 Å². The lowest BCUT2D eigenvalue weighted by Crippen LogP contribution is -2.27. The van der Waals surface area contributed by atoms with Crippen LogP contribution < -0.4 is 16.6 Å². The molecule has 0 bridgehead atoms. The summed E-state index contributed by atoms with van der Waals surface area (Å²) >= 11 is 0. The average Bonchev–Trinajstić information content (AvgIpc) is 3.17. The highest BCUT2D eigenvalue weighted by atomic mass is 31.2. The van der Waals surface area contributed by atoms with Gasteiger partial charge in [-0.05, 0) is 13.0 Å². The maximum atomic E-state index is 11.9. The lowest BCUT2D eigenvalue weighted by molar-refractivity contribution is -0.0400. The first kappa shape index (κ1) is 19.1. The normalized spacial score (nSPS) is 25.6. The van der Waals surface area contributed by atoms with Gasteiger partial charge in [-0.3, -0.25) is 9.09 Å². The summed E-state index contributed by atoms with van der Waals surface area (Å²) in [6, 6.07) is 0. The van der Waals surface area contributed by atoms with Crippen LogP contribution in [0.5, 0.6) is 0 Å². The fraction of sp³-hybridized carbons (Fsp3) is 0.615. The van der Waals surface area contributed by atoms with Crippen molar-refractivity contribution < 1.29 is 23.8 Å². The Kier molecular flexibility index (Phi) is 5.82. The van der Waals surface area contributed by atoms with Gasteiger partial charge in [0, 0.05) is 13.0 Å². The van der Waals surface area contributed by atoms with E-state index < -0.39 is 26.2 Å². The first-order chi connectivity index (χ1) is 12.4. The Morgan fingerprint density at radius 3 is 3.04 bits per heavy atom. The lowest BCUT2D eigenvalue weighted by Gasteiger charge is -2.18. The monoisotopic (exact) mass is 387 g/mol. The first-order valence-corrected chi connectivity index (χ1v) is 9.68. The minimum atomic E-state index is -3.98.